The molecule has 0 bridgehead atoms. The molecule has 18 heavy (non-hydrogen) atoms. The van der Waals surface area contributed by atoms with Crippen molar-refractivity contribution < 1.29 is 32.2 Å². The molecule has 1 heterocycles. The first kappa shape index (κ1) is 12.7. The van der Waals surface area contributed by atoms with Crippen molar-refractivity contribution >= 4 is 6.47 Å². The van der Waals surface area contributed by atoms with E-state index in [0.29, 0.717) is 6.61 Å². The Bertz CT molecular complexity index is 440. The predicted molar refractivity (Wildman–Crippen MR) is 53.4 cm³/mol. The first-order valence-electron chi connectivity index (χ1n) is 5.06. The minimum atomic E-state index is -4.50. The number of halogens is 3. The quantitative estimate of drug-likeness (QED) is 0.601. The maximum Gasteiger partial charge on any atom is 0.416 e. The molecule has 98 valence electrons. The predicted octanol–water partition coefficient (Wildman–Crippen LogP) is 2.02. The Morgan fingerprint density at radius 3 is 2.67 bits per heavy atom. The van der Waals surface area contributed by atoms with Gasteiger partial charge in [-0.25, -0.2) is 0 Å². The Morgan fingerprint density at radius 1 is 1.39 bits per heavy atom. The van der Waals surface area contributed by atoms with Gasteiger partial charge in [-0.2, -0.15) is 13.2 Å². The van der Waals surface area contributed by atoms with Gasteiger partial charge in [-0.05, 0) is 18.2 Å². The van der Waals surface area contributed by atoms with Gasteiger partial charge in [-0.1, -0.05) is 0 Å². The van der Waals surface area contributed by atoms with Crippen LogP contribution in [-0.2, 0) is 15.7 Å². The number of benzene rings is 1. The third-order valence-electron chi connectivity index (χ3n) is 2.27. The van der Waals surface area contributed by atoms with Gasteiger partial charge in [0.2, 0.25) is 0 Å². The highest BCUT2D eigenvalue weighted by Gasteiger charge is 2.32. The van der Waals surface area contributed by atoms with E-state index in [1.807, 2.05) is 0 Å². The Labute approximate surface area is 100 Å². The molecule has 2 rings (SSSR count). The molecule has 0 N–H and O–H groups in total. The molecule has 1 aliphatic rings. The second kappa shape index (κ2) is 4.85. The third-order valence-corrected chi connectivity index (χ3v) is 2.27. The fraction of sp³-hybridized carbons (Fsp3) is 0.364. The van der Waals surface area contributed by atoms with E-state index >= 15 is 0 Å². The molecule has 1 atom stereocenters. The molecule has 4 nitrogen and oxygen atoms in total. The number of alkyl halides is 3. The summed E-state index contributed by atoms with van der Waals surface area (Å²) in [6, 6.07) is 2.70. The van der Waals surface area contributed by atoms with E-state index in [1.165, 1.54) is 0 Å². The summed E-state index contributed by atoms with van der Waals surface area (Å²) in [6.45, 7) is 0.820. The summed E-state index contributed by atoms with van der Waals surface area (Å²) in [4.78, 5) is 10.3. The van der Waals surface area contributed by atoms with E-state index in [0.717, 1.165) is 18.2 Å². The lowest BCUT2D eigenvalue weighted by Gasteiger charge is -2.12. The molecule has 0 amide bonds. The monoisotopic (exact) mass is 262 g/mol. The van der Waals surface area contributed by atoms with Crippen LogP contribution in [0, 0.1) is 0 Å². The number of carbonyl (C=O) groups is 1. The van der Waals surface area contributed by atoms with Crippen molar-refractivity contribution in [2.75, 3.05) is 13.2 Å². The Hall–Kier alpha value is -1.76. The van der Waals surface area contributed by atoms with Gasteiger partial charge in [0, 0.05) is 0 Å². The zero-order valence-corrected chi connectivity index (χ0v) is 9.07. The molecule has 1 aromatic rings. The zero-order chi connectivity index (χ0) is 13.2. The van der Waals surface area contributed by atoms with E-state index in [1.54, 1.807) is 0 Å². The van der Waals surface area contributed by atoms with Crippen LogP contribution < -0.4 is 9.47 Å². The first-order chi connectivity index (χ1) is 8.50. The lowest BCUT2D eigenvalue weighted by Crippen LogP contribution is -2.08. The molecule has 1 fully saturated rings. The van der Waals surface area contributed by atoms with Gasteiger partial charge in [0.25, 0.3) is 6.47 Å². The van der Waals surface area contributed by atoms with Gasteiger partial charge >= 0.3 is 6.18 Å². The molecule has 0 aliphatic carbocycles. The summed E-state index contributed by atoms with van der Waals surface area (Å²) >= 11 is 0. The molecule has 0 spiro atoms. The van der Waals surface area contributed by atoms with Crippen molar-refractivity contribution in [1.29, 1.82) is 0 Å². The van der Waals surface area contributed by atoms with Crippen LogP contribution in [-0.4, -0.2) is 25.8 Å². The topological polar surface area (TPSA) is 48.1 Å². The van der Waals surface area contributed by atoms with E-state index in [2.05, 4.69) is 4.74 Å². The highest BCUT2D eigenvalue weighted by atomic mass is 19.4. The second-order valence-electron chi connectivity index (χ2n) is 3.64. The van der Waals surface area contributed by atoms with Crippen molar-refractivity contribution in [3.05, 3.63) is 23.8 Å². The van der Waals surface area contributed by atoms with Gasteiger partial charge in [0.15, 0.2) is 11.5 Å². The van der Waals surface area contributed by atoms with Crippen molar-refractivity contribution in [1.82, 2.24) is 0 Å². The van der Waals surface area contributed by atoms with Gasteiger partial charge in [0.1, 0.15) is 12.7 Å². The van der Waals surface area contributed by atoms with Crippen LogP contribution >= 0.6 is 0 Å². The molecule has 0 aromatic heterocycles. The summed E-state index contributed by atoms with van der Waals surface area (Å²) < 4.78 is 52.0. The number of hydrogen-bond donors (Lipinski definition) is 0. The molecular formula is C11H9F3O4. The second-order valence-corrected chi connectivity index (χ2v) is 3.64. The molecular weight excluding hydrogens is 253 g/mol. The maximum atomic E-state index is 12.5. The molecule has 1 saturated heterocycles. The van der Waals surface area contributed by atoms with Crippen LogP contribution in [0.4, 0.5) is 13.2 Å². The van der Waals surface area contributed by atoms with Crippen LogP contribution in [0.1, 0.15) is 5.56 Å². The molecule has 1 unspecified atom stereocenters. The highest BCUT2D eigenvalue weighted by Crippen LogP contribution is 2.36. The average Bonchev–Trinajstić information content (AvgIpc) is 3.10. The summed E-state index contributed by atoms with van der Waals surface area (Å²) in [6.07, 6.45) is -4.55. The maximum absolute atomic E-state index is 12.5. The van der Waals surface area contributed by atoms with Gasteiger partial charge in [-0.3, -0.25) is 4.79 Å². The fourth-order valence-electron chi connectivity index (χ4n) is 1.29. The van der Waals surface area contributed by atoms with Crippen LogP contribution in [0.5, 0.6) is 11.5 Å². The Morgan fingerprint density at radius 2 is 2.11 bits per heavy atom. The Kier molecular flexibility index (Phi) is 3.42. The van der Waals surface area contributed by atoms with Gasteiger partial charge < -0.3 is 14.2 Å². The van der Waals surface area contributed by atoms with E-state index < -0.39 is 11.7 Å². The van der Waals surface area contributed by atoms with E-state index in [4.69, 9.17) is 9.47 Å². The third kappa shape index (κ3) is 3.13. The Balaban J connectivity index is 2.19. The highest BCUT2D eigenvalue weighted by molar-refractivity contribution is 5.52. The normalized spacial score (nSPS) is 18.3. The lowest BCUT2D eigenvalue weighted by atomic mass is 10.2. The van der Waals surface area contributed by atoms with Crippen LogP contribution in [0.3, 0.4) is 0 Å². The van der Waals surface area contributed by atoms with E-state index in [9.17, 15) is 18.0 Å². The summed E-state index contributed by atoms with van der Waals surface area (Å²) in [5.74, 6) is -0.189. The summed E-state index contributed by atoms with van der Waals surface area (Å²) in [7, 11) is 0. The standard InChI is InChI=1S/C11H9F3O4/c12-11(13,14)7-1-2-9(10(3-7)18-6-15)17-5-8-4-16-8/h1-3,6,8H,4-5H2. The average molecular weight is 262 g/mol. The molecule has 1 aromatic carbocycles. The van der Waals surface area contributed by atoms with Crippen LogP contribution in [0.2, 0.25) is 0 Å². The van der Waals surface area contributed by atoms with Gasteiger partial charge in [0.05, 0.1) is 12.2 Å². The lowest BCUT2D eigenvalue weighted by molar-refractivity contribution is -0.138. The SMILES string of the molecule is O=COc1cc(C(F)(F)F)ccc1OCC1CO1. The molecule has 1 aliphatic heterocycles. The summed E-state index contributed by atoms with van der Waals surface area (Å²) in [5.41, 5.74) is -0.908. The molecule has 0 saturated carbocycles. The summed E-state index contributed by atoms with van der Waals surface area (Å²) in [5, 5.41) is 0. The zero-order valence-electron chi connectivity index (χ0n) is 9.07. The van der Waals surface area contributed by atoms with Crippen molar-refractivity contribution in [2.45, 2.75) is 12.3 Å². The minimum absolute atomic E-state index is 0.0450. The van der Waals surface area contributed by atoms with Crippen molar-refractivity contribution in [3.8, 4) is 11.5 Å². The minimum Gasteiger partial charge on any atom is -0.487 e. The smallest absolute Gasteiger partial charge is 0.416 e. The number of epoxide rings is 1. The largest absolute Gasteiger partial charge is 0.487 e. The number of hydrogen-bond acceptors (Lipinski definition) is 4. The van der Waals surface area contributed by atoms with Crippen molar-refractivity contribution in [2.24, 2.45) is 0 Å². The number of ether oxygens (including phenoxy) is 3. The number of carbonyl (C=O) groups excluding carboxylic acids is 1. The van der Waals surface area contributed by atoms with Crippen LogP contribution in [0.15, 0.2) is 18.2 Å². The fourth-order valence-corrected chi connectivity index (χ4v) is 1.29. The van der Waals surface area contributed by atoms with Crippen molar-refractivity contribution in [3.63, 3.8) is 0 Å². The van der Waals surface area contributed by atoms with Crippen LogP contribution in [0.25, 0.3) is 0 Å². The van der Waals surface area contributed by atoms with E-state index in [-0.39, 0.29) is 30.7 Å². The first-order valence-corrected chi connectivity index (χ1v) is 5.06. The molecule has 0 radical (unpaired) electrons. The number of rotatable bonds is 5. The molecule has 7 heteroatoms. The van der Waals surface area contributed by atoms with Gasteiger partial charge in [-0.15, -0.1) is 0 Å².